The van der Waals surface area contributed by atoms with Crippen molar-refractivity contribution >= 4 is 0 Å². The zero-order chi connectivity index (χ0) is 28.3. The van der Waals surface area contributed by atoms with Crippen molar-refractivity contribution in [2.45, 2.75) is 54.3 Å². The molecular weight excluding hydrogens is 550 g/mol. The third-order valence-corrected chi connectivity index (χ3v) is 4.47. The fourth-order valence-corrected chi connectivity index (χ4v) is 2.49. The fourth-order valence-electron chi connectivity index (χ4n) is 2.49. The Morgan fingerprint density at radius 3 is 1.23 bits per heavy atom. The van der Waals surface area contributed by atoms with Crippen LogP contribution < -0.4 is 0 Å². The maximum absolute atomic E-state index is 14.2. The van der Waals surface area contributed by atoms with Crippen molar-refractivity contribution < 1.29 is 84.1 Å². The molecule has 203 valence electrons. The second-order valence-corrected chi connectivity index (χ2v) is 6.77. The van der Waals surface area contributed by atoms with Gasteiger partial charge < -0.3 is 0 Å². The highest BCUT2D eigenvalue weighted by molar-refractivity contribution is 5.40. The summed E-state index contributed by atoms with van der Waals surface area (Å²) in [6.45, 7) is -1.66. The van der Waals surface area contributed by atoms with Crippen LogP contribution in [0.25, 0.3) is 0 Å². The highest BCUT2D eigenvalue weighted by atomic mass is 19.4. The van der Waals surface area contributed by atoms with Crippen molar-refractivity contribution in [2.24, 2.45) is 0 Å². The molecule has 0 aliphatic heterocycles. The van der Waals surface area contributed by atoms with Crippen molar-refractivity contribution in [2.75, 3.05) is 6.61 Å². The van der Waals surface area contributed by atoms with Gasteiger partial charge in [0.05, 0.1) is 6.61 Å². The maximum atomic E-state index is 14.2. The molecule has 0 unspecified atom stereocenters. The zero-order valence-electron chi connectivity index (χ0n) is 15.9. The molecule has 0 heterocycles. The van der Waals surface area contributed by atoms with Gasteiger partial charge in [0.2, 0.25) is 0 Å². The highest BCUT2D eigenvalue weighted by Crippen LogP contribution is 2.59. The smallest absolute Gasteiger partial charge is 0.236 e. The molecule has 19 heteroatoms. The average Bonchev–Trinajstić information content (AvgIpc) is 2.65. The van der Waals surface area contributed by atoms with E-state index >= 15 is 0 Å². The molecule has 0 aromatic heterocycles. The summed E-state index contributed by atoms with van der Waals surface area (Å²) in [7, 11) is 0. The summed E-state index contributed by atoms with van der Waals surface area (Å²) in [6.07, 6.45) is -16.3. The van der Waals surface area contributed by atoms with Crippen molar-refractivity contribution in [1.29, 1.82) is 0 Å². The van der Waals surface area contributed by atoms with Gasteiger partial charge in [0, 0.05) is 11.1 Å². The van der Waals surface area contributed by atoms with Crippen LogP contribution >= 0.6 is 0 Å². The van der Waals surface area contributed by atoms with Crippen LogP contribution in [0, 0.1) is 0 Å². The first-order valence-corrected chi connectivity index (χ1v) is 8.28. The summed E-state index contributed by atoms with van der Waals surface area (Å²) >= 11 is 0. The molecule has 1 nitrogen and oxygen atoms in total. The lowest BCUT2D eigenvalue weighted by atomic mass is 9.87. The minimum atomic E-state index is -7.62. The lowest BCUT2D eigenvalue weighted by molar-refractivity contribution is -0.400. The normalized spacial score (nSPS) is 15.5. The number of alkyl halides is 18. The van der Waals surface area contributed by atoms with E-state index in [-0.39, 0.29) is 0 Å². The van der Waals surface area contributed by atoms with Gasteiger partial charge >= 0.3 is 47.9 Å². The average molecular weight is 557 g/mol. The largest absolute Gasteiger partial charge is 0.460 e. The molecule has 1 aromatic carbocycles. The Hall–Kier alpha value is -2.08. The molecule has 0 spiro atoms. The lowest BCUT2D eigenvalue weighted by Gasteiger charge is -2.36. The molecule has 0 N–H and O–H groups in total. The second kappa shape index (κ2) is 8.50. The third kappa shape index (κ3) is 4.47. The van der Waals surface area contributed by atoms with Crippen LogP contribution in [-0.4, -0.2) is 42.6 Å². The van der Waals surface area contributed by atoms with Crippen LogP contribution in [0.5, 0.6) is 0 Å². The van der Waals surface area contributed by atoms with E-state index in [0.717, 1.165) is 0 Å². The van der Waals surface area contributed by atoms with Crippen LogP contribution in [-0.2, 0) is 23.4 Å². The quantitative estimate of drug-likeness (QED) is 0.295. The summed E-state index contributed by atoms with van der Waals surface area (Å²) in [5.41, 5.74) is -7.78. The summed E-state index contributed by atoms with van der Waals surface area (Å²) in [5.74, 6) is -44.1. The Morgan fingerprint density at radius 1 is 0.514 bits per heavy atom. The maximum Gasteiger partial charge on any atom is 0.460 e. The van der Waals surface area contributed by atoms with Gasteiger partial charge in [-0.15, -0.1) is 0 Å². The van der Waals surface area contributed by atoms with E-state index in [4.69, 9.17) is 0 Å². The van der Waals surface area contributed by atoms with Crippen LogP contribution in [0.4, 0.5) is 79.0 Å². The van der Waals surface area contributed by atoms with Crippen molar-refractivity contribution in [3.8, 4) is 0 Å². The Morgan fingerprint density at radius 2 is 0.886 bits per heavy atom. The van der Waals surface area contributed by atoms with Gasteiger partial charge in [0.25, 0.3) is 0 Å². The number of halogens is 18. The lowest BCUT2D eigenvalue weighted by Crippen LogP contribution is -2.60. The van der Waals surface area contributed by atoms with Crippen LogP contribution in [0.15, 0.2) is 18.2 Å². The molecule has 0 fully saturated rings. The minimum absolute atomic E-state index is 0.409. The molecule has 1 rings (SSSR count). The van der Waals surface area contributed by atoms with Gasteiger partial charge in [-0.1, -0.05) is 12.1 Å². The first-order valence-electron chi connectivity index (χ1n) is 8.28. The molecule has 0 saturated heterocycles. The molecule has 0 bridgehead atoms. The summed E-state index contributed by atoms with van der Waals surface area (Å²) < 4.78 is 237. The molecule has 1 radical (unpaired) electrons. The summed E-state index contributed by atoms with van der Waals surface area (Å²) in [5, 5.41) is 10.6. The van der Waals surface area contributed by atoms with E-state index < -0.39 is 95.8 Å². The minimum Gasteiger partial charge on any atom is -0.236 e. The third-order valence-electron chi connectivity index (χ3n) is 4.47. The van der Waals surface area contributed by atoms with E-state index in [1.807, 2.05) is 0 Å². The summed E-state index contributed by atoms with van der Waals surface area (Å²) in [6, 6.07) is -2.40. The van der Waals surface area contributed by atoms with E-state index in [1.165, 1.54) is 0 Å². The molecule has 0 atom stereocenters. The van der Waals surface area contributed by atoms with Gasteiger partial charge in [0.1, 0.15) is 0 Å². The van der Waals surface area contributed by atoms with Crippen LogP contribution in [0.2, 0.25) is 0 Å². The Balaban J connectivity index is 3.92. The molecule has 0 aliphatic carbocycles. The van der Waals surface area contributed by atoms with E-state index in [1.54, 1.807) is 0 Å². The number of hydrogen-bond acceptors (Lipinski definition) is 0. The predicted molar refractivity (Wildman–Crippen MR) is 75.4 cm³/mol. The van der Waals surface area contributed by atoms with Crippen molar-refractivity contribution in [1.82, 2.24) is 0 Å². The summed E-state index contributed by atoms with van der Waals surface area (Å²) in [4.78, 5) is 0. The van der Waals surface area contributed by atoms with Crippen LogP contribution in [0.3, 0.4) is 0 Å². The number of hydrogen-bond donors (Lipinski definition) is 0. The monoisotopic (exact) mass is 557 g/mol. The Bertz CT molecular complexity index is 910. The second-order valence-electron chi connectivity index (χ2n) is 6.77. The van der Waals surface area contributed by atoms with Gasteiger partial charge in [-0.2, -0.15) is 79.0 Å². The van der Waals surface area contributed by atoms with Gasteiger partial charge in [0.15, 0.2) is 0 Å². The van der Waals surface area contributed by atoms with Gasteiger partial charge in [-0.3, -0.25) is 0 Å². The van der Waals surface area contributed by atoms with Crippen LogP contribution in [0.1, 0.15) is 16.7 Å². The van der Waals surface area contributed by atoms with E-state index in [9.17, 15) is 84.1 Å². The highest BCUT2D eigenvalue weighted by Gasteiger charge is 2.83. The molecule has 35 heavy (non-hydrogen) atoms. The SMILES string of the molecule is [O]CCc1ccc(C(F)(F)C(F)(F)C(F)(F)C(F)(F)F)cc1C(F)(F)C(F)(F)C(F)(F)C(F)(F)F. The Labute approximate surface area is 181 Å². The number of benzene rings is 1. The molecule has 1 aromatic rings. The van der Waals surface area contributed by atoms with E-state index in [0.29, 0.717) is 0 Å². The zero-order valence-corrected chi connectivity index (χ0v) is 15.9. The molecule has 0 saturated carbocycles. The molecule has 0 aliphatic rings. The van der Waals surface area contributed by atoms with Crippen molar-refractivity contribution in [3.63, 3.8) is 0 Å². The van der Waals surface area contributed by atoms with Gasteiger partial charge in [-0.05, 0) is 18.1 Å². The first-order chi connectivity index (χ1) is 15.2. The standard InChI is InChI=1S/C16H7F18O/c17-9(18,11(21,22)13(25,26)15(29,30)31)7-2-1-6(3-4-35)8(5-7)10(19,20)12(23,24)14(27,28)16(32,33)34/h1-2,5H,3-4H2. The topological polar surface area (TPSA) is 19.9 Å². The van der Waals surface area contributed by atoms with E-state index in [2.05, 4.69) is 0 Å². The number of rotatable bonds is 8. The fraction of sp³-hybridized carbons (Fsp3) is 0.625. The predicted octanol–water partition coefficient (Wildman–Crippen LogP) is 7.51. The van der Waals surface area contributed by atoms with Crippen molar-refractivity contribution in [3.05, 3.63) is 34.9 Å². The molecule has 0 amide bonds. The Kier molecular flexibility index (Phi) is 7.52. The molecular formula is C16H7F18O. The first kappa shape index (κ1) is 31.0. The van der Waals surface area contributed by atoms with Gasteiger partial charge in [-0.25, -0.2) is 5.11 Å².